The van der Waals surface area contributed by atoms with E-state index in [1.54, 1.807) is 24.8 Å². The molecule has 0 fully saturated rings. The van der Waals surface area contributed by atoms with Crippen molar-refractivity contribution in [3.63, 3.8) is 0 Å². The molecule has 8 aromatic heterocycles. The molecule has 2 aromatic carbocycles. The molecule has 0 aliphatic rings. The third-order valence-corrected chi connectivity index (χ3v) is 7.58. The third kappa shape index (κ3) is 21.8. The standard InChI is InChI=1S/2C12H8N2.4C5H4O3.2NO3.2Sm/c2*1-3-9-5-6-10-4-2-8-14-12(10)11(9)13-7-1;4*6-5(7)4-2-1-3-8-4;2*2-1(3)4;;/h2*1-8H;4*1-3H,(H,6,7);;;;/q;;;;;;2*-1;2*+3/p-4. The van der Waals surface area contributed by atoms with Crippen LogP contribution in [0, 0.1) is 111 Å². The van der Waals surface area contributed by atoms with Gasteiger partial charge >= 0.3 is 80.8 Å². The number of fused-ring (bicyclic) bond motifs is 6. The van der Waals surface area contributed by atoms with Crippen molar-refractivity contribution in [3.8, 4) is 0 Å². The number of aromatic nitrogens is 4. The molecule has 354 valence electrons. The average Bonchev–Trinajstić information content (AvgIpc) is 4.19. The fraction of sp³-hybridized carbons (Fsp3) is 0. The summed E-state index contributed by atoms with van der Waals surface area (Å²) in [7, 11) is 0. The quantitative estimate of drug-likeness (QED) is 0.138. The smallest absolute Gasteiger partial charge is 0.542 e. The van der Waals surface area contributed by atoms with Crippen LogP contribution in [0.3, 0.4) is 0 Å². The van der Waals surface area contributed by atoms with E-state index in [0.29, 0.717) is 0 Å². The van der Waals surface area contributed by atoms with Gasteiger partial charge in [0.1, 0.15) is 46.9 Å². The minimum Gasteiger partial charge on any atom is -0.542 e. The second kappa shape index (κ2) is 32.8. The molecule has 2 radical (unpaired) electrons. The molecule has 0 unspecified atom stereocenters. The molecule has 8 heterocycles. The van der Waals surface area contributed by atoms with Crippen LogP contribution in [-0.4, -0.2) is 54.0 Å². The Labute approximate surface area is 456 Å². The van der Waals surface area contributed by atoms with Gasteiger partial charge in [-0.1, -0.05) is 48.5 Å². The van der Waals surface area contributed by atoms with Gasteiger partial charge in [0, 0.05) is 46.3 Å². The van der Waals surface area contributed by atoms with E-state index in [4.69, 9.17) is 30.6 Å². The summed E-state index contributed by atoms with van der Waals surface area (Å²) in [4.78, 5) is 73.3. The van der Waals surface area contributed by atoms with Crippen LogP contribution in [0.5, 0.6) is 0 Å². The SMILES string of the molecule is O=C([O-])c1ccco1.O=C([O-])c1ccco1.O=C([O-])c1ccco1.O=C([O-])c1ccco1.O=[N+]([O-])[O-].O=[N+]([O-])[O-].[Sm+3].[Sm+3].c1cnc2c(c1)ccc1cccnc12.c1cnc2c(c1)ccc1cccnc12. The van der Waals surface area contributed by atoms with Crippen molar-refractivity contribution in [2.75, 3.05) is 0 Å². The van der Waals surface area contributed by atoms with Crippen molar-refractivity contribution in [2.24, 2.45) is 0 Å². The van der Waals surface area contributed by atoms with Gasteiger partial charge in [-0.2, -0.15) is 0 Å². The number of hydrogen-bond donors (Lipinski definition) is 0. The Kier molecular flexibility index (Phi) is 28.2. The molecule has 10 aromatic rings. The Hall–Kier alpha value is -7.84. The molecule has 0 bridgehead atoms. The van der Waals surface area contributed by atoms with Crippen molar-refractivity contribution in [3.05, 3.63) is 225 Å². The number of carbonyl (C=O) groups is 4. The second-order valence-electron chi connectivity index (χ2n) is 11.9. The van der Waals surface area contributed by atoms with Crippen LogP contribution in [0.15, 0.2) is 189 Å². The number of furan rings is 4. The van der Waals surface area contributed by atoms with Crippen molar-refractivity contribution >= 4 is 67.5 Å². The van der Waals surface area contributed by atoms with E-state index in [0.717, 1.165) is 43.6 Å². The number of nitrogens with zero attached hydrogens (tertiary/aromatic N) is 6. The zero-order valence-corrected chi connectivity index (χ0v) is 40.3. The van der Waals surface area contributed by atoms with E-state index in [2.05, 4.69) is 86.1 Å². The Bertz CT molecular complexity index is 2720. The molecule has 0 N–H and O–H groups in total. The molecule has 0 spiro atoms. The maximum Gasteiger partial charge on any atom is 3.00 e. The number of pyridine rings is 4. The van der Waals surface area contributed by atoms with E-state index in [1.807, 2.05) is 24.3 Å². The largest absolute Gasteiger partial charge is 3.00 e. The van der Waals surface area contributed by atoms with E-state index >= 15 is 0 Å². The Morgan fingerprint density at radius 2 is 0.529 bits per heavy atom. The van der Waals surface area contributed by atoms with Crippen molar-refractivity contribution in [1.29, 1.82) is 0 Å². The Morgan fingerprint density at radius 1 is 0.343 bits per heavy atom. The van der Waals surface area contributed by atoms with Gasteiger partial charge in [-0.25, -0.2) is 0 Å². The molecule has 26 heteroatoms. The van der Waals surface area contributed by atoms with Gasteiger partial charge in [0.2, 0.25) is 0 Å². The van der Waals surface area contributed by atoms with E-state index in [1.165, 1.54) is 73.6 Å². The average molecular weight is 1230 g/mol. The molecule has 0 saturated heterocycles. The first-order valence-corrected chi connectivity index (χ1v) is 18.4. The first kappa shape index (κ1) is 60.2. The van der Waals surface area contributed by atoms with Gasteiger partial charge in [0.25, 0.3) is 0 Å². The van der Waals surface area contributed by atoms with Gasteiger partial charge < -0.3 is 87.9 Å². The number of rotatable bonds is 4. The normalized spacial score (nSPS) is 9.14. The fourth-order valence-corrected chi connectivity index (χ4v) is 4.94. The second-order valence-corrected chi connectivity index (χ2v) is 11.9. The van der Waals surface area contributed by atoms with Gasteiger partial charge in [-0.05, 0) is 72.8 Å². The van der Waals surface area contributed by atoms with Crippen LogP contribution in [0.25, 0.3) is 43.6 Å². The molecule has 0 saturated carbocycles. The molecule has 24 nitrogen and oxygen atoms in total. The van der Waals surface area contributed by atoms with E-state index in [-0.39, 0.29) is 104 Å². The molecular weight excluding hydrogens is 1200 g/mol. The number of carboxylic acid groups (broad SMARTS) is 4. The zero-order chi connectivity index (χ0) is 49.8. The van der Waals surface area contributed by atoms with Gasteiger partial charge in [0.05, 0.1) is 57.3 Å². The summed E-state index contributed by atoms with van der Waals surface area (Å²) in [6.45, 7) is 0. The topological polar surface area (TPSA) is 397 Å². The first-order valence-electron chi connectivity index (χ1n) is 18.4. The molecule has 70 heavy (non-hydrogen) atoms. The zero-order valence-electron chi connectivity index (χ0n) is 35.0. The van der Waals surface area contributed by atoms with Crippen LogP contribution < -0.4 is 20.4 Å². The Balaban J connectivity index is 0.000000412. The summed E-state index contributed by atoms with van der Waals surface area (Å²) in [6.07, 6.45) is 12.3. The summed E-state index contributed by atoms with van der Waals surface area (Å²) in [5, 5.41) is 73.5. The number of carboxylic acids is 4. The monoisotopic (exact) mass is 1230 g/mol. The summed E-state index contributed by atoms with van der Waals surface area (Å²) >= 11 is 0. The number of aromatic carboxylic acids is 4. The molecule has 0 amide bonds. The minimum absolute atomic E-state index is 0. The summed E-state index contributed by atoms with van der Waals surface area (Å²) in [5.74, 6) is -5.67. The maximum atomic E-state index is 9.86. The fourth-order valence-electron chi connectivity index (χ4n) is 4.94. The van der Waals surface area contributed by atoms with Crippen LogP contribution >= 0.6 is 0 Å². The number of carbonyl (C=O) groups excluding carboxylic acids is 4. The molecule has 0 aliphatic carbocycles. The van der Waals surface area contributed by atoms with Gasteiger partial charge in [-0.3, -0.25) is 19.9 Å². The van der Waals surface area contributed by atoms with Crippen molar-refractivity contribution in [1.82, 2.24) is 19.9 Å². The third-order valence-electron chi connectivity index (χ3n) is 7.58. The van der Waals surface area contributed by atoms with Crippen molar-refractivity contribution in [2.45, 2.75) is 0 Å². The van der Waals surface area contributed by atoms with Crippen molar-refractivity contribution < 1.29 is 148 Å². The summed E-state index contributed by atoms with van der Waals surface area (Å²) in [5.41, 5.74) is 3.91. The van der Waals surface area contributed by atoms with E-state index < -0.39 is 34.1 Å². The molecular formula is C44H28N6O18Sm2. The molecule has 0 aliphatic heterocycles. The van der Waals surface area contributed by atoms with E-state index in [9.17, 15) is 39.6 Å². The molecule has 10 rings (SSSR count). The molecule has 0 atom stereocenters. The van der Waals surface area contributed by atoms with Crippen LogP contribution in [0.4, 0.5) is 0 Å². The van der Waals surface area contributed by atoms with Gasteiger partial charge in [0.15, 0.2) is 0 Å². The van der Waals surface area contributed by atoms with Crippen LogP contribution in [0.1, 0.15) is 42.2 Å². The Morgan fingerprint density at radius 3 is 0.657 bits per heavy atom. The van der Waals surface area contributed by atoms with Crippen LogP contribution in [-0.2, 0) is 0 Å². The number of hydrogen-bond acceptors (Lipinski definition) is 22. The number of benzene rings is 2. The van der Waals surface area contributed by atoms with Crippen LogP contribution in [0.2, 0.25) is 0 Å². The summed E-state index contributed by atoms with van der Waals surface area (Å²) in [6, 6.07) is 35.6. The maximum absolute atomic E-state index is 9.86. The summed E-state index contributed by atoms with van der Waals surface area (Å²) < 4.78 is 17.7. The minimum atomic E-state index is -1.75. The predicted molar refractivity (Wildman–Crippen MR) is 227 cm³/mol. The first-order chi connectivity index (χ1) is 32.6. The van der Waals surface area contributed by atoms with Gasteiger partial charge in [-0.15, -0.1) is 0 Å². The predicted octanol–water partition coefficient (Wildman–Crippen LogP) is 3.66.